The Balaban J connectivity index is 2.23. The highest BCUT2D eigenvalue weighted by molar-refractivity contribution is 5.95. The third-order valence-electron chi connectivity index (χ3n) is 4.18. The van der Waals surface area contributed by atoms with Gasteiger partial charge in [-0.2, -0.15) is 0 Å². The molecule has 3 nitrogen and oxygen atoms in total. The fraction of sp³-hybridized carbons (Fsp3) is 0.533. The second-order valence-corrected chi connectivity index (χ2v) is 5.60. The van der Waals surface area contributed by atoms with Crippen molar-refractivity contribution < 1.29 is 18.0 Å². The van der Waals surface area contributed by atoms with Crippen molar-refractivity contribution >= 4 is 11.6 Å². The Morgan fingerprint density at radius 3 is 2.10 bits per heavy atom. The van der Waals surface area contributed by atoms with Crippen LogP contribution in [-0.2, 0) is 4.79 Å². The van der Waals surface area contributed by atoms with E-state index >= 15 is 0 Å². The van der Waals surface area contributed by atoms with E-state index in [1.807, 2.05) is 0 Å². The lowest BCUT2D eigenvalue weighted by Crippen LogP contribution is -2.42. The number of nitrogens with two attached hydrogens (primary N) is 1. The van der Waals surface area contributed by atoms with Crippen molar-refractivity contribution in [3.63, 3.8) is 0 Å². The predicted octanol–water partition coefficient (Wildman–Crippen LogP) is 3.34. The van der Waals surface area contributed by atoms with E-state index in [0.29, 0.717) is 25.0 Å². The van der Waals surface area contributed by atoms with E-state index in [0.717, 1.165) is 25.7 Å². The summed E-state index contributed by atoms with van der Waals surface area (Å²) in [4.78, 5) is 12.4. The van der Waals surface area contributed by atoms with Crippen molar-refractivity contribution in [2.75, 3.05) is 11.9 Å². The molecule has 0 unspecified atom stereocenters. The number of anilines is 1. The van der Waals surface area contributed by atoms with Gasteiger partial charge in [-0.1, -0.05) is 25.7 Å². The molecule has 1 fully saturated rings. The molecule has 0 aliphatic heterocycles. The highest BCUT2D eigenvalue weighted by Crippen LogP contribution is 2.36. The van der Waals surface area contributed by atoms with Crippen molar-refractivity contribution in [2.24, 2.45) is 11.1 Å². The van der Waals surface area contributed by atoms with Crippen LogP contribution in [0.4, 0.5) is 18.9 Å². The first-order valence-electron chi connectivity index (χ1n) is 7.14. The van der Waals surface area contributed by atoms with E-state index in [2.05, 4.69) is 5.32 Å². The van der Waals surface area contributed by atoms with Gasteiger partial charge in [-0.3, -0.25) is 4.79 Å². The van der Waals surface area contributed by atoms with E-state index in [1.165, 1.54) is 0 Å². The first-order chi connectivity index (χ1) is 9.98. The lowest BCUT2D eigenvalue weighted by atomic mass is 9.79. The smallest absolute Gasteiger partial charge is 0.232 e. The summed E-state index contributed by atoms with van der Waals surface area (Å²) in [7, 11) is 0. The van der Waals surface area contributed by atoms with Crippen LogP contribution in [0.2, 0.25) is 0 Å². The summed E-state index contributed by atoms with van der Waals surface area (Å²) in [6.45, 7) is 0.128. The topological polar surface area (TPSA) is 55.1 Å². The maximum absolute atomic E-state index is 13.6. The van der Waals surface area contributed by atoms with E-state index in [1.54, 1.807) is 0 Å². The van der Waals surface area contributed by atoms with Gasteiger partial charge in [-0.05, 0) is 12.8 Å². The molecule has 116 valence electrons. The second-order valence-electron chi connectivity index (χ2n) is 5.60. The third kappa shape index (κ3) is 3.37. The Morgan fingerprint density at radius 1 is 1.10 bits per heavy atom. The summed E-state index contributed by atoms with van der Waals surface area (Å²) < 4.78 is 40.1. The monoisotopic (exact) mass is 300 g/mol. The van der Waals surface area contributed by atoms with Crippen LogP contribution in [0.5, 0.6) is 0 Å². The fourth-order valence-electron chi connectivity index (χ4n) is 2.84. The molecule has 0 radical (unpaired) electrons. The Bertz CT molecular complexity index is 503. The molecule has 1 amide bonds. The number of benzene rings is 1. The number of nitrogens with one attached hydrogen (secondary N) is 1. The van der Waals surface area contributed by atoms with E-state index < -0.39 is 34.5 Å². The standard InChI is InChI=1S/C15H19F3N2O/c16-10-7-11(17)13(12(18)8-10)20-14(21)15(9-19)5-3-1-2-4-6-15/h7-8H,1-6,9,19H2,(H,20,21). The van der Waals surface area contributed by atoms with Gasteiger partial charge in [0.1, 0.15) is 11.5 Å². The summed E-state index contributed by atoms with van der Waals surface area (Å²) in [5.41, 5.74) is 4.34. The van der Waals surface area contributed by atoms with Crippen LogP contribution in [-0.4, -0.2) is 12.5 Å². The number of hydrogen-bond donors (Lipinski definition) is 2. The van der Waals surface area contributed by atoms with Gasteiger partial charge < -0.3 is 11.1 Å². The average molecular weight is 300 g/mol. The second kappa shape index (κ2) is 6.47. The molecule has 3 N–H and O–H groups in total. The molecule has 0 heterocycles. The summed E-state index contributed by atoms with van der Waals surface area (Å²) in [6.07, 6.45) is 4.96. The van der Waals surface area contributed by atoms with Gasteiger partial charge in [-0.15, -0.1) is 0 Å². The maximum Gasteiger partial charge on any atom is 0.232 e. The number of halogens is 3. The van der Waals surface area contributed by atoms with Crippen LogP contribution in [0.25, 0.3) is 0 Å². The molecule has 0 bridgehead atoms. The number of carbonyl (C=O) groups is 1. The summed E-state index contributed by atoms with van der Waals surface area (Å²) >= 11 is 0. The van der Waals surface area contributed by atoms with Gasteiger partial charge in [-0.25, -0.2) is 13.2 Å². The fourth-order valence-corrected chi connectivity index (χ4v) is 2.84. The van der Waals surface area contributed by atoms with Gasteiger partial charge in [0.25, 0.3) is 0 Å². The number of rotatable bonds is 3. The molecule has 6 heteroatoms. The highest BCUT2D eigenvalue weighted by Gasteiger charge is 2.37. The van der Waals surface area contributed by atoms with Crippen LogP contribution < -0.4 is 11.1 Å². The van der Waals surface area contributed by atoms with Crippen molar-refractivity contribution in [3.8, 4) is 0 Å². The van der Waals surface area contributed by atoms with Crippen LogP contribution in [0, 0.1) is 22.9 Å². The van der Waals surface area contributed by atoms with E-state index in [9.17, 15) is 18.0 Å². The SMILES string of the molecule is NCC1(C(=O)Nc2c(F)cc(F)cc2F)CCCCCC1. The molecule has 2 rings (SSSR count). The van der Waals surface area contributed by atoms with E-state index in [4.69, 9.17) is 5.73 Å². The molecular formula is C15H19F3N2O. The van der Waals surface area contributed by atoms with Gasteiger partial charge in [0, 0.05) is 18.7 Å². The summed E-state index contributed by atoms with van der Waals surface area (Å²) in [5.74, 6) is -3.76. The minimum absolute atomic E-state index is 0.128. The summed E-state index contributed by atoms with van der Waals surface area (Å²) in [6, 6.07) is 1.09. The molecule has 21 heavy (non-hydrogen) atoms. The maximum atomic E-state index is 13.6. The van der Waals surface area contributed by atoms with Crippen molar-refractivity contribution in [1.82, 2.24) is 0 Å². The minimum atomic E-state index is -1.12. The average Bonchev–Trinajstić information content (AvgIpc) is 2.68. The molecule has 1 aromatic rings. The predicted molar refractivity (Wildman–Crippen MR) is 74.1 cm³/mol. The molecule has 1 saturated carbocycles. The normalized spacial score (nSPS) is 18.1. The molecule has 1 aliphatic rings. The molecular weight excluding hydrogens is 281 g/mol. The largest absolute Gasteiger partial charge is 0.329 e. The van der Waals surface area contributed by atoms with Crippen molar-refractivity contribution in [2.45, 2.75) is 38.5 Å². The van der Waals surface area contributed by atoms with Crippen LogP contribution >= 0.6 is 0 Å². The highest BCUT2D eigenvalue weighted by atomic mass is 19.1. The molecule has 0 saturated heterocycles. The van der Waals surface area contributed by atoms with Crippen LogP contribution in [0.1, 0.15) is 38.5 Å². The molecule has 1 aliphatic carbocycles. The van der Waals surface area contributed by atoms with Gasteiger partial charge in [0.05, 0.1) is 5.41 Å². The first-order valence-corrected chi connectivity index (χ1v) is 7.14. The Hall–Kier alpha value is -1.56. The lowest BCUT2D eigenvalue weighted by Gasteiger charge is -2.30. The zero-order valence-electron chi connectivity index (χ0n) is 11.7. The van der Waals surface area contributed by atoms with Crippen molar-refractivity contribution in [1.29, 1.82) is 0 Å². The quantitative estimate of drug-likeness (QED) is 0.841. The Morgan fingerprint density at radius 2 is 1.62 bits per heavy atom. The zero-order valence-corrected chi connectivity index (χ0v) is 11.7. The first kappa shape index (κ1) is 15.8. The Kier molecular flexibility index (Phi) is 4.88. The Labute approximate surface area is 121 Å². The van der Waals surface area contributed by atoms with Crippen molar-refractivity contribution in [3.05, 3.63) is 29.6 Å². The number of amides is 1. The van der Waals surface area contributed by atoms with Crippen LogP contribution in [0.15, 0.2) is 12.1 Å². The molecule has 0 aromatic heterocycles. The number of carbonyl (C=O) groups excluding carboxylic acids is 1. The molecule has 0 spiro atoms. The molecule has 1 aromatic carbocycles. The molecule has 0 atom stereocenters. The number of hydrogen-bond acceptors (Lipinski definition) is 2. The summed E-state index contributed by atoms with van der Waals surface area (Å²) in [5, 5.41) is 2.26. The third-order valence-corrected chi connectivity index (χ3v) is 4.18. The minimum Gasteiger partial charge on any atom is -0.329 e. The van der Waals surface area contributed by atoms with Crippen LogP contribution in [0.3, 0.4) is 0 Å². The van der Waals surface area contributed by atoms with E-state index in [-0.39, 0.29) is 6.54 Å². The van der Waals surface area contributed by atoms with Gasteiger partial charge in [0.15, 0.2) is 11.6 Å². The van der Waals surface area contributed by atoms with Gasteiger partial charge in [0.2, 0.25) is 5.91 Å². The zero-order chi connectivity index (χ0) is 15.5. The van der Waals surface area contributed by atoms with Gasteiger partial charge >= 0.3 is 0 Å². The lowest BCUT2D eigenvalue weighted by molar-refractivity contribution is -0.125.